The van der Waals surface area contributed by atoms with Crippen LogP contribution in [-0.4, -0.2) is 47.5 Å². The number of likely N-dealkylation sites (tertiary alicyclic amines) is 1. The van der Waals surface area contributed by atoms with E-state index in [4.69, 9.17) is 4.74 Å². The molecule has 1 amide bonds. The number of aryl methyl sites for hydroxylation is 1. The number of methoxy groups -OCH3 is 1. The number of ether oxygens (including phenoxy) is 1. The maximum Gasteiger partial charge on any atom is 0.248 e. The van der Waals surface area contributed by atoms with Gasteiger partial charge in [0.15, 0.2) is 0 Å². The fourth-order valence-electron chi connectivity index (χ4n) is 4.82. The number of nitrogens with one attached hydrogen (secondary N) is 2. The van der Waals surface area contributed by atoms with E-state index < -0.39 is 0 Å². The lowest BCUT2D eigenvalue weighted by Crippen LogP contribution is -2.59. The first-order valence-corrected chi connectivity index (χ1v) is 11.5. The first kappa shape index (κ1) is 22.3. The maximum absolute atomic E-state index is 13.6. The lowest BCUT2D eigenvalue weighted by molar-refractivity contribution is -0.112. The van der Waals surface area contributed by atoms with Gasteiger partial charge in [0, 0.05) is 42.9 Å². The predicted molar refractivity (Wildman–Crippen MR) is 131 cm³/mol. The Morgan fingerprint density at radius 3 is 2.76 bits per heavy atom. The summed E-state index contributed by atoms with van der Waals surface area (Å²) in [5, 5.41) is 6.83. The Bertz CT molecular complexity index is 1260. The van der Waals surface area contributed by atoms with Gasteiger partial charge in [-0.2, -0.15) is 0 Å². The van der Waals surface area contributed by atoms with Crippen LogP contribution in [0.5, 0.6) is 5.75 Å². The molecule has 0 bridgehead atoms. The Kier molecular flexibility index (Phi) is 5.91. The molecule has 2 fully saturated rings. The number of anilines is 3. The summed E-state index contributed by atoms with van der Waals surface area (Å²) >= 11 is 0. The van der Waals surface area contributed by atoms with E-state index in [9.17, 15) is 9.18 Å². The van der Waals surface area contributed by atoms with Crippen LogP contribution in [0.2, 0.25) is 0 Å². The van der Waals surface area contributed by atoms with Crippen LogP contribution in [0.15, 0.2) is 48.8 Å². The van der Waals surface area contributed by atoms with Crippen LogP contribution in [0.1, 0.15) is 24.8 Å². The highest BCUT2D eigenvalue weighted by Gasteiger charge is 2.46. The molecule has 1 saturated heterocycles. The zero-order valence-corrected chi connectivity index (χ0v) is 19.4. The molecule has 2 aromatic carbocycles. The predicted octanol–water partition coefficient (Wildman–Crippen LogP) is 4.81. The molecule has 0 radical (unpaired) electrons. The van der Waals surface area contributed by atoms with Crippen molar-refractivity contribution in [2.24, 2.45) is 5.41 Å². The summed E-state index contributed by atoms with van der Waals surface area (Å²) in [4.78, 5) is 23.6. The van der Waals surface area contributed by atoms with Crippen molar-refractivity contribution in [3.05, 3.63) is 60.2 Å². The van der Waals surface area contributed by atoms with Crippen LogP contribution in [0.4, 0.5) is 21.6 Å². The van der Waals surface area contributed by atoms with Gasteiger partial charge in [0.25, 0.3) is 0 Å². The number of amides is 1. The minimum Gasteiger partial charge on any atom is -0.494 e. The highest BCUT2D eigenvalue weighted by molar-refractivity contribution is 6.03. The fraction of sp³-hybridized carbons (Fsp3) is 0.346. The largest absolute Gasteiger partial charge is 0.494 e. The smallest absolute Gasteiger partial charge is 0.248 e. The van der Waals surface area contributed by atoms with Gasteiger partial charge in [0.05, 0.1) is 18.3 Å². The molecule has 1 aromatic heterocycles. The molecule has 2 N–H and O–H groups in total. The lowest BCUT2D eigenvalue weighted by atomic mass is 9.63. The first-order valence-electron chi connectivity index (χ1n) is 11.5. The molecule has 8 heteroatoms. The number of carbonyl (C=O) groups is 1. The van der Waals surface area contributed by atoms with Crippen molar-refractivity contribution in [3.8, 4) is 5.75 Å². The van der Waals surface area contributed by atoms with Crippen molar-refractivity contribution in [2.75, 3.05) is 37.4 Å². The average Bonchev–Trinajstić information content (AvgIpc) is 2.76. The maximum atomic E-state index is 13.6. The third kappa shape index (κ3) is 4.46. The summed E-state index contributed by atoms with van der Waals surface area (Å²) in [6.45, 7) is 4.77. The third-order valence-corrected chi connectivity index (χ3v) is 6.80. The van der Waals surface area contributed by atoms with E-state index in [0.717, 1.165) is 19.6 Å². The van der Waals surface area contributed by atoms with Gasteiger partial charge in [-0.3, -0.25) is 9.69 Å². The number of carbonyl (C=O) groups excluding carboxylic acids is 1. The molecule has 7 nitrogen and oxygen atoms in total. The van der Waals surface area contributed by atoms with Gasteiger partial charge in [-0.1, -0.05) is 12.5 Å². The topological polar surface area (TPSA) is 79.4 Å². The van der Waals surface area contributed by atoms with Crippen molar-refractivity contribution in [1.82, 2.24) is 14.9 Å². The SMILES string of the molecule is COc1cc2ncnc(Nc3ccc(F)c(C)c3)c2cc1NC(=O)/C=C/CN1CC2(CCC2)C1. The minimum absolute atomic E-state index is 0.225. The van der Waals surface area contributed by atoms with E-state index in [2.05, 4.69) is 25.5 Å². The molecule has 0 unspecified atom stereocenters. The summed E-state index contributed by atoms with van der Waals surface area (Å²) in [5.74, 6) is 0.563. The van der Waals surface area contributed by atoms with Crippen molar-refractivity contribution in [1.29, 1.82) is 0 Å². The van der Waals surface area contributed by atoms with Gasteiger partial charge in [-0.15, -0.1) is 0 Å². The van der Waals surface area contributed by atoms with Crippen LogP contribution in [-0.2, 0) is 4.79 Å². The number of hydrogen-bond donors (Lipinski definition) is 2. The normalized spacial score (nSPS) is 16.9. The fourth-order valence-corrected chi connectivity index (χ4v) is 4.82. The third-order valence-electron chi connectivity index (χ3n) is 6.80. The lowest BCUT2D eigenvalue weighted by Gasteiger charge is -2.56. The van der Waals surface area contributed by atoms with Gasteiger partial charge in [-0.25, -0.2) is 14.4 Å². The van der Waals surface area contributed by atoms with Gasteiger partial charge in [0.1, 0.15) is 23.7 Å². The van der Waals surface area contributed by atoms with E-state index in [1.807, 2.05) is 6.08 Å². The Balaban J connectivity index is 1.31. The number of fused-ring (bicyclic) bond motifs is 1. The Labute approximate surface area is 198 Å². The van der Waals surface area contributed by atoms with Gasteiger partial charge in [0.2, 0.25) is 5.91 Å². The van der Waals surface area contributed by atoms with Crippen LogP contribution >= 0.6 is 0 Å². The minimum atomic E-state index is -0.266. The molecular formula is C26H28FN5O2. The zero-order valence-electron chi connectivity index (χ0n) is 19.4. The van der Waals surface area contributed by atoms with Crippen molar-refractivity contribution < 1.29 is 13.9 Å². The van der Waals surface area contributed by atoms with Crippen molar-refractivity contribution >= 4 is 34.0 Å². The van der Waals surface area contributed by atoms with Crippen LogP contribution < -0.4 is 15.4 Å². The van der Waals surface area contributed by atoms with E-state index in [-0.39, 0.29) is 11.7 Å². The molecule has 2 heterocycles. The van der Waals surface area contributed by atoms with Gasteiger partial charge in [-0.05, 0) is 55.0 Å². The second-order valence-electron chi connectivity index (χ2n) is 9.30. The standard InChI is InChI=1S/C26H28FN5O2/c1-17-11-18(6-7-20(17)27)30-25-19-12-22(23(34-2)13-21(19)28-16-29-25)31-24(33)5-3-10-32-14-26(15-32)8-4-9-26/h3,5-7,11-13,16H,4,8-10,14-15H2,1-2H3,(H,31,33)(H,28,29,30)/b5-3+. The molecule has 1 spiro atoms. The number of hydrogen-bond acceptors (Lipinski definition) is 6. The van der Waals surface area contributed by atoms with Crippen molar-refractivity contribution in [2.45, 2.75) is 26.2 Å². The zero-order chi connectivity index (χ0) is 23.7. The molecule has 0 atom stereocenters. The molecule has 3 aromatic rings. The first-order chi connectivity index (χ1) is 16.4. The number of benzene rings is 2. The number of halogens is 1. The Morgan fingerprint density at radius 1 is 1.24 bits per heavy atom. The van der Waals surface area contributed by atoms with Crippen LogP contribution in [0.3, 0.4) is 0 Å². The summed E-state index contributed by atoms with van der Waals surface area (Å²) in [6.07, 6.45) is 8.96. The molecule has 1 aliphatic carbocycles. The Hall–Kier alpha value is -3.52. The van der Waals surface area contributed by atoms with Gasteiger partial charge >= 0.3 is 0 Å². The highest BCUT2D eigenvalue weighted by Crippen LogP contribution is 2.47. The second kappa shape index (κ2) is 9.02. The molecule has 1 aliphatic heterocycles. The summed E-state index contributed by atoms with van der Waals surface area (Å²) in [6, 6.07) is 8.32. The number of rotatable bonds is 7. The number of nitrogens with zero attached hydrogens (tertiary/aromatic N) is 3. The summed E-state index contributed by atoms with van der Waals surface area (Å²) < 4.78 is 19.1. The quantitative estimate of drug-likeness (QED) is 0.492. The number of aromatic nitrogens is 2. The van der Waals surface area contributed by atoms with E-state index in [1.165, 1.54) is 31.7 Å². The van der Waals surface area contributed by atoms with E-state index in [1.54, 1.807) is 44.4 Å². The highest BCUT2D eigenvalue weighted by atomic mass is 19.1. The molecule has 2 aliphatic rings. The monoisotopic (exact) mass is 461 g/mol. The van der Waals surface area contributed by atoms with Crippen molar-refractivity contribution in [3.63, 3.8) is 0 Å². The average molecular weight is 462 g/mol. The van der Waals surface area contributed by atoms with E-state index in [0.29, 0.717) is 44.8 Å². The summed E-state index contributed by atoms with van der Waals surface area (Å²) in [5.41, 5.74) is 3.00. The molecule has 1 saturated carbocycles. The molecular weight excluding hydrogens is 433 g/mol. The van der Waals surface area contributed by atoms with Crippen LogP contribution in [0, 0.1) is 18.2 Å². The molecule has 176 valence electrons. The van der Waals surface area contributed by atoms with Gasteiger partial charge < -0.3 is 15.4 Å². The Morgan fingerprint density at radius 2 is 2.06 bits per heavy atom. The second-order valence-corrected chi connectivity index (χ2v) is 9.30. The van der Waals surface area contributed by atoms with E-state index >= 15 is 0 Å². The summed E-state index contributed by atoms with van der Waals surface area (Å²) in [7, 11) is 1.55. The molecule has 34 heavy (non-hydrogen) atoms. The van der Waals surface area contributed by atoms with Crippen LogP contribution in [0.25, 0.3) is 10.9 Å². The molecule has 5 rings (SSSR count).